The van der Waals surface area contributed by atoms with Gasteiger partial charge in [0.15, 0.2) is 5.96 Å². The minimum absolute atomic E-state index is 0.714. The summed E-state index contributed by atoms with van der Waals surface area (Å²) in [6.07, 6.45) is 6.69. The van der Waals surface area contributed by atoms with Gasteiger partial charge in [-0.25, -0.2) is 0 Å². The fraction of sp³-hybridized carbons (Fsp3) is 0.923. The highest BCUT2D eigenvalue weighted by Gasteiger charge is 2.37. The molecule has 3 heteroatoms. The van der Waals surface area contributed by atoms with Crippen LogP contribution in [0.25, 0.3) is 0 Å². The van der Waals surface area contributed by atoms with Crippen molar-refractivity contribution in [1.82, 2.24) is 10.2 Å². The van der Waals surface area contributed by atoms with Crippen molar-refractivity contribution in [2.75, 3.05) is 19.6 Å². The summed E-state index contributed by atoms with van der Waals surface area (Å²) in [5.74, 6) is 2.08. The lowest BCUT2D eigenvalue weighted by molar-refractivity contribution is 0.487. The average molecular weight is 223 g/mol. The van der Waals surface area contributed by atoms with Gasteiger partial charge in [0.1, 0.15) is 0 Å². The molecular formula is C13H25N3. The summed E-state index contributed by atoms with van der Waals surface area (Å²) in [5, 5.41) is 3.64. The fourth-order valence-electron chi connectivity index (χ4n) is 2.60. The Morgan fingerprint density at radius 3 is 2.69 bits per heavy atom. The average Bonchev–Trinajstić information content (AvgIpc) is 2.82. The van der Waals surface area contributed by atoms with Crippen molar-refractivity contribution in [3.63, 3.8) is 0 Å². The molecule has 0 amide bonds. The number of rotatable bonds is 4. The predicted octanol–water partition coefficient (Wildman–Crippen LogP) is 2.24. The molecule has 2 fully saturated rings. The molecule has 0 aromatic rings. The molecule has 1 aliphatic heterocycles. The van der Waals surface area contributed by atoms with Crippen molar-refractivity contribution in [3.05, 3.63) is 0 Å². The van der Waals surface area contributed by atoms with Crippen molar-refractivity contribution in [1.29, 1.82) is 0 Å². The van der Waals surface area contributed by atoms with Gasteiger partial charge in [0.2, 0.25) is 0 Å². The summed E-state index contributed by atoms with van der Waals surface area (Å²) in [6.45, 7) is 7.67. The summed E-state index contributed by atoms with van der Waals surface area (Å²) in [6, 6.07) is 0.714. The van der Waals surface area contributed by atoms with E-state index >= 15 is 0 Å². The zero-order valence-corrected chi connectivity index (χ0v) is 10.7. The number of nitrogens with one attached hydrogen (secondary N) is 1. The molecule has 16 heavy (non-hydrogen) atoms. The van der Waals surface area contributed by atoms with Crippen LogP contribution in [0.15, 0.2) is 4.99 Å². The monoisotopic (exact) mass is 223 g/mol. The summed E-state index contributed by atoms with van der Waals surface area (Å²) >= 11 is 0. The van der Waals surface area contributed by atoms with Crippen LogP contribution in [0.5, 0.6) is 0 Å². The molecule has 3 nitrogen and oxygen atoms in total. The van der Waals surface area contributed by atoms with E-state index in [1.54, 1.807) is 0 Å². The Labute approximate surface area is 99.3 Å². The Morgan fingerprint density at radius 1 is 1.31 bits per heavy atom. The summed E-state index contributed by atoms with van der Waals surface area (Å²) in [7, 11) is 0. The second-order valence-electron chi connectivity index (χ2n) is 5.03. The predicted molar refractivity (Wildman–Crippen MR) is 68.7 cm³/mol. The molecular weight excluding hydrogens is 198 g/mol. The number of hydrogen-bond donors (Lipinski definition) is 1. The first kappa shape index (κ1) is 11.7. The molecule has 1 aliphatic carbocycles. The molecule has 0 aromatic carbocycles. The Balaban J connectivity index is 1.82. The third kappa shape index (κ3) is 2.89. The highest BCUT2D eigenvalue weighted by atomic mass is 15.3. The molecule has 0 spiro atoms. The first-order valence-corrected chi connectivity index (χ1v) is 6.91. The highest BCUT2D eigenvalue weighted by Crippen LogP contribution is 2.34. The van der Waals surface area contributed by atoms with Gasteiger partial charge in [-0.1, -0.05) is 13.3 Å². The van der Waals surface area contributed by atoms with Crippen LogP contribution in [0, 0.1) is 5.92 Å². The normalized spacial score (nSPS) is 29.6. The van der Waals surface area contributed by atoms with Crippen LogP contribution in [0.3, 0.4) is 0 Å². The lowest BCUT2D eigenvalue weighted by Crippen LogP contribution is -2.41. The quantitative estimate of drug-likeness (QED) is 0.584. The van der Waals surface area contributed by atoms with Crippen LogP contribution in [0.4, 0.5) is 0 Å². The van der Waals surface area contributed by atoms with E-state index < -0.39 is 0 Å². The molecule has 2 atom stereocenters. The molecule has 0 bridgehead atoms. The van der Waals surface area contributed by atoms with E-state index in [4.69, 9.17) is 0 Å². The van der Waals surface area contributed by atoms with E-state index in [2.05, 4.69) is 29.1 Å². The van der Waals surface area contributed by atoms with Gasteiger partial charge in [0.05, 0.1) is 0 Å². The van der Waals surface area contributed by atoms with Crippen LogP contribution >= 0.6 is 0 Å². The first-order chi connectivity index (χ1) is 7.85. The van der Waals surface area contributed by atoms with Gasteiger partial charge in [0, 0.05) is 25.7 Å². The number of nitrogens with zero attached hydrogens (tertiary/aromatic N) is 2. The molecule has 1 saturated carbocycles. The largest absolute Gasteiger partial charge is 0.353 e. The standard InChI is InChI=1S/C13H25N3/c1-3-7-11-10-12(11)15-13(14-4-2)16-8-5-6-9-16/h11-12H,3-10H2,1-2H3,(H,14,15). The Kier molecular flexibility index (Phi) is 4.08. The number of likely N-dealkylation sites (tertiary alicyclic amines) is 1. The molecule has 2 rings (SSSR count). The second-order valence-corrected chi connectivity index (χ2v) is 5.03. The third-order valence-electron chi connectivity index (χ3n) is 3.61. The van der Waals surface area contributed by atoms with Gasteiger partial charge in [-0.2, -0.15) is 0 Å². The molecule has 1 saturated heterocycles. The SMILES string of the molecule is CCCC1CC1NC(=NCC)N1CCCC1. The third-order valence-corrected chi connectivity index (χ3v) is 3.61. The topological polar surface area (TPSA) is 27.6 Å². The maximum Gasteiger partial charge on any atom is 0.194 e. The van der Waals surface area contributed by atoms with Crippen LogP contribution in [0.2, 0.25) is 0 Å². The van der Waals surface area contributed by atoms with E-state index in [0.717, 1.165) is 12.5 Å². The van der Waals surface area contributed by atoms with Gasteiger partial charge in [-0.15, -0.1) is 0 Å². The molecule has 0 aromatic heterocycles. The minimum Gasteiger partial charge on any atom is -0.353 e. The zero-order valence-electron chi connectivity index (χ0n) is 10.7. The van der Waals surface area contributed by atoms with Crippen molar-refractivity contribution in [2.45, 2.75) is 52.0 Å². The fourth-order valence-corrected chi connectivity index (χ4v) is 2.60. The lowest BCUT2D eigenvalue weighted by Gasteiger charge is -2.21. The van der Waals surface area contributed by atoms with Gasteiger partial charge in [-0.3, -0.25) is 4.99 Å². The highest BCUT2D eigenvalue weighted by molar-refractivity contribution is 5.80. The van der Waals surface area contributed by atoms with E-state index in [-0.39, 0.29) is 0 Å². The van der Waals surface area contributed by atoms with Crippen molar-refractivity contribution >= 4 is 5.96 Å². The van der Waals surface area contributed by atoms with Crippen LogP contribution < -0.4 is 5.32 Å². The van der Waals surface area contributed by atoms with Crippen LogP contribution in [-0.4, -0.2) is 36.5 Å². The molecule has 1 N–H and O–H groups in total. The van der Waals surface area contributed by atoms with Crippen LogP contribution in [-0.2, 0) is 0 Å². The van der Waals surface area contributed by atoms with Crippen molar-refractivity contribution in [3.8, 4) is 0 Å². The number of hydrogen-bond acceptors (Lipinski definition) is 1. The van der Waals surface area contributed by atoms with Crippen molar-refractivity contribution in [2.24, 2.45) is 10.9 Å². The smallest absolute Gasteiger partial charge is 0.194 e. The molecule has 92 valence electrons. The molecule has 2 aliphatic rings. The first-order valence-electron chi connectivity index (χ1n) is 6.91. The van der Waals surface area contributed by atoms with Gasteiger partial charge < -0.3 is 10.2 Å². The summed E-state index contributed by atoms with van der Waals surface area (Å²) in [5.41, 5.74) is 0. The summed E-state index contributed by atoms with van der Waals surface area (Å²) < 4.78 is 0. The number of aliphatic imine (C=N–C) groups is 1. The van der Waals surface area contributed by atoms with Gasteiger partial charge >= 0.3 is 0 Å². The van der Waals surface area contributed by atoms with E-state index in [1.807, 2.05) is 0 Å². The molecule has 1 heterocycles. The van der Waals surface area contributed by atoms with E-state index in [9.17, 15) is 0 Å². The maximum atomic E-state index is 4.61. The molecule has 0 radical (unpaired) electrons. The zero-order chi connectivity index (χ0) is 11.4. The van der Waals surface area contributed by atoms with Gasteiger partial charge in [0.25, 0.3) is 0 Å². The Morgan fingerprint density at radius 2 is 2.06 bits per heavy atom. The van der Waals surface area contributed by atoms with Crippen molar-refractivity contribution < 1.29 is 0 Å². The second kappa shape index (κ2) is 5.55. The number of guanidine groups is 1. The van der Waals surface area contributed by atoms with E-state index in [1.165, 1.54) is 51.2 Å². The van der Waals surface area contributed by atoms with Gasteiger partial charge in [-0.05, 0) is 38.5 Å². The summed E-state index contributed by atoms with van der Waals surface area (Å²) in [4.78, 5) is 7.03. The lowest BCUT2D eigenvalue weighted by atomic mass is 10.2. The maximum absolute atomic E-state index is 4.61. The van der Waals surface area contributed by atoms with Crippen LogP contribution in [0.1, 0.15) is 46.0 Å². The minimum atomic E-state index is 0.714. The Hall–Kier alpha value is -0.730. The molecule has 2 unspecified atom stereocenters. The Bertz CT molecular complexity index is 244. The van der Waals surface area contributed by atoms with E-state index in [0.29, 0.717) is 6.04 Å².